The zero-order valence-electron chi connectivity index (χ0n) is 11.2. The Bertz CT molecular complexity index is 830. The molecule has 0 aliphatic rings. The minimum Gasteiger partial charge on any atom is -0.391 e. The van der Waals surface area contributed by atoms with E-state index in [0.29, 0.717) is 32.1 Å². The van der Waals surface area contributed by atoms with Crippen molar-refractivity contribution in [1.29, 1.82) is 0 Å². The molecule has 0 saturated heterocycles. The van der Waals surface area contributed by atoms with Crippen LogP contribution < -0.4 is 0 Å². The van der Waals surface area contributed by atoms with Crippen LogP contribution in [0.5, 0.6) is 0 Å². The molecule has 0 atom stereocenters. The Labute approximate surface area is 142 Å². The highest BCUT2D eigenvalue weighted by Crippen LogP contribution is 2.35. The molecule has 1 N–H and O–H groups in total. The second-order valence-electron chi connectivity index (χ2n) is 4.64. The van der Waals surface area contributed by atoms with Crippen LogP contribution in [0.25, 0.3) is 22.6 Å². The third-order valence-corrected chi connectivity index (χ3v) is 4.20. The molecule has 2 aromatic carbocycles. The van der Waals surface area contributed by atoms with Crippen molar-refractivity contribution >= 4 is 34.8 Å². The summed E-state index contributed by atoms with van der Waals surface area (Å²) in [5.74, 6) is 0.478. The fourth-order valence-corrected chi connectivity index (χ4v) is 2.67. The van der Waals surface area contributed by atoms with Crippen LogP contribution in [-0.4, -0.2) is 10.3 Å². The van der Waals surface area contributed by atoms with Crippen molar-refractivity contribution in [3.8, 4) is 22.6 Å². The first-order valence-corrected chi connectivity index (χ1v) is 7.54. The number of rotatable bonds is 3. The van der Waals surface area contributed by atoms with Crippen LogP contribution in [0.2, 0.25) is 15.1 Å². The highest BCUT2D eigenvalue weighted by molar-refractivity contribution is 6.42. The van der Waals surface area contributed by atoms with Crippen LogP contribution in [0.3, 0.4) is 0 Å². The van der Waals surface area contributed by atoms with E-state index in [1.165, 1.54) is 0 Å². The van der Waals surface area contributed by atoms with Crippen molar-refractivity contribution in [2.45, 2.75) is 6.61 Å². The summed E-state index contributed by atoms with van der Waals surface area (Å²) in [6, 6.07) is 12.3. The Morgan fingerprint density at radius 2 is 1.77 bits per heavy atom. The normalized spacial score (nSPS) is 10.9. The van der Waals surface area contributed by atoms with Crippen molar-refractivity contribution in [3.05, 3.63) is 63.1 Å². The Hall–Kier alpha value is -1.52. The first-order valence-electron chi connectivity index (χ1n) is 6.41. The van der Waals surface area contributed by atoms with Crippen LogP contribution in [0.4, 0.5) is 0 Å². The molecule has 0 aliphatic carbocycles. The third-order valence-electron chi connectivity index (χ3n) is 3.23. The van der Waals surface area contributed by atoms with Crippen molar-refractivity contribution in [3.63, 3.8) is 0 Å². The molecule has 0 aliphatic heterocycles. The molecular weight excluding hydrogens is 345 g/mol. The second-order valence-corrected chi connectivity index (χ2v) is 5.89. The van der Waals surface area contributed by atoms with Gasteiger partial charge in [0.2, 0.25) is 0 Å². The van der Waals surface area contributed by atoms with Gasteiger partial charge in [0.15, 0.2) is 5.76 Å². The van der Waals surface area contributed by atoms with Gasteiger partial charge in [-0.25, -0.2) is 0 Å². The van der Waals surface area contributed by atoms with Crippen LogP contribution in [0, 0.1) is 0 Å². The van der Waals surface area contributed by atoms with Crippen molar-refractivity contribution < 1.29 is 9.63 Å². The molecule has 22 heavy (non-hydrogen) atoms. The Morgan fingerprint density at radius 1 is 0.955 bits per heavy atom. The molecule has 6 heteroatoms. The van der Waals surface area contributed by atoms with Crippen molar-refractivity contribution in [1.82, 2.24) is 5.16 Å². The Balaban J connectivity index is 2.13. The fourth-order valence-electron chi connectivity index (χ4n) is 2.18. The summed E-state index contributed by atoms with van der Waals surface area (Å²) in [6.45, 7) is -0.221. The number of nitrogens with zero attached hydrogens (tertiary/aromatic N) is 1. The summed E-state index contributed by atoms with van der Waals surface area (Å²) < 4.78 is 5.41. The highest BCUT2D eigenvalue weighted by atomic mass is 35.5. The lowest BCUT2D eigenvalue weighted by molar-refractivity contribution is 0.281. The van der Waals surface area contributed by atoms with Crippen LogP contribution >= 0.6 is 34.8 Å². The van der Waals surface area contributed by atoms with E-state index >= 15 is 0 Å². The average Bonchev–Trinajstić information content (AvgIpc) is 2.94. The van der Waals surface area contributed by atoms with E-state index in [9.17, 15) is 5.11 Å². The fraction of sp³-hybridized carbons (Fsp3) is 0.0625. The summed E-state index contributed by atoms with van der Waals surface area (Å²) in [7, 11) is 0. The van der Waals surface area contributed by atoms with Gasteiger partial charge in [-0.1, -0.05) is 58.2 Å². The smallest absolute Gasteiger partial charge is 0.173 e. The van der Waals surface area contributed by atoms with Gasteiger partial charge in [0.05, 0.1) is 22.2 Å². The maximum Gasteiger partial charge on any atom is 0.173 e. The van der Waals surface area contributed by atoms with E-state index in [1.54, 1.807) is 36.4 Å². The first-order chi connectivity index (χ1) is 10.6. The van der Waals surface area contributed by atoms with Crippen LogP contribution in [0.15, 0.2) is 47.0 Å². The van der Waals surface area contributed by atoms with E-state index in [1.807, 2.05) is 6.07 Å². The zero-order valence-corrected chi connectivity index (χ0v) is 13.5. The quantitative estimate of drug-likeness (QED) is 0.679. The summed E-state index contributed by atoms with van der Waals surface area (Å²) >= 11 is 17.9. The second kappa shape index (κ2) is 6.31. The number of aliphatic hydroxyl groups is 1. The molecule has 3 rings (SSSR count). The lowest BCUT2D eigenvalue weighted by atomic mass is 10.0. The number of halogens is 3. The largest absolute Gasteiger partial charge is 0.391 e. The lowest BCUT2D eigenvalue weighted by Gasteiger charge is -2.03. The van der Waals surface area contributed by atoms with E-state index < -0.39 is 0 Å². The van der Waals surface area contributed by atoms with Gasteiger partial charge < -0.3 is 9.63 Å². The molecule has 0 saturated carbocycles. The molecule has 0 radical (unpaired) electrons. The summed E-state index contributed by atoms with van der Waals surface area (Å²) in [5, 5.41) is 15.2. The van der Waals surface area contributed by atoms with Crippen LogP contribution in [0.1, 0.15) is 5.56 Å². The Kier molecular flexibility index (Phi) is 4.41. The van der Waals surface area contributed by atoms with E-state index in [0.717, 1.165) is 11.1 Å². The van der Waals surface area contributed by atoms with Gasteiger partial charge in [0.1, 0.15) is 5.69 Å². The molecule has 0 bridgehead atoms. The van der Waals surface area contributed by atoms with Gasteiger partial charge in [-0.2, -0.15) is 0 Å². The zero-order chi connectivity index (χ0) is 15.7. The number of hydrogen-bond donors (Lipinski definition) is 1. The maximum absolute atomic E-state index is 9.71. The number of aromatic nitrogens is 1. The SMILES string of the molecule is OCc1c(-c2ccc(Cl)c(Cl)c2)noc1-c1cccc(Cl)c1. The average molecular weight is 355 g/mol. The predicted molar refractivity (Wildman–Crippen MR) is 88.3 cm³/mol. The van der Waals surface area contributed by atoms with Gasteiger partial charge in [-0.3, -0.25) is 0 Å². The topological polar surface area (TPSA) is 46.3 Å². The summed E-state index contributed by atoms with van der Waals surface area (Å²) in [6.07, 6.45) is 0. The van der Waals surface area contributed by atoms with Crippen molar-refractivity contribution in [2.24, 2.45) is 0 Å². The maximum atomic E-state index is 9.71. The van der Waals surface area contributed by atoms with E-state index in [2.05, 4.69) is 5.16 Å². The van der Waals surface area contributed by atoms with Gasteiger partial charge in [-0.05, 0) is 24.3 Å². The summed E-state index contributed by atoms with van der Waals surface area (Å²) in [4.78, 5) is 0. The van der Waals surface area contributed by atoms with Crippen LogP contribution in [-0.2, 0) is 6.61 Å². The first kappa shape index (κ1) is 15.4. The molecular formula is C16H10Cl3NO2. The minimum absolute atomic E-state index is 0.221. The summed E-state index contributed by atoms with van der Waals surface area (Å²) in [5.41, 5.74) is 2.56. The van der Waals surface area contributed by atoms with Crippen molar-refractivity contribution in [2.75, 3.05) is 0 Å². The molecule has 0 amide bonds. The molecule has 112 valence electrons. The van der Waals surface area contributed by atoms with Gasteiger partial charge >= 0.3 is 0 Å². The van der Waals surface area contributed by atoms with Gasteiger partial charge in [-0.15, -0.1) is 0 Å². The monoisotopic (exact) mass is 353 g/mol. The molecule has 3 nitrogen and oxygen atoms in total. The molecule has 0 fully saturated rings. The standard InChI is InChI=1S/C16H10Cl3NO2/c17-11-3-1-2-10(6-11)16-12(8-21)15(20-22-16)9-4-5-13(18)14(19)7-9/h1-7,21H,8H2. The molecule has 1 heterocycles. The van der Waals surface area contributed by atoms with Gasteiger partial charge in [0.25, 0.3) is 0 Å². The number of hydrogen-bond acceptors (Lipinski definition) is 3. The van der Waals surface area contributed by atoms with E-state index in [4.69, 9.17) is 39.3 Å². The van der Waals surface area contributed by atoms with E-state index in [-0.39, 0.29) is 6.61 Å². The minimum atomic E-state index is -0.221. The third kappa shape index (κ3) is 2.85. The molecule has 0 spiro atoms. The predicted octanol–water partition coefficient (Wildman–Crippen LogP) is 5.46. The Morgan fingerprint density at radius 3 is 2.45 bits per heavy atom. The highest BCUT2D eigenvalue weighted by Gasteiger charge is 2.19. The molecule has 3 aromatic rings. The number of benzene rings is 2. The molecule has 1 aromatic heterocycles. The molecule has 0 unspecified atom stereocenters. The van der Waals surface area contributed by atoms with Gasteiger partial charge in [0, 0.05) is 16.1 Å². The lowest BCUT2D eigenvalue weighted by Crippen LogP contribution is -1.89. The number of aliphatic hydroxyl groups excluding tert-OH is 1.